The Hall–Kier alpha value is -3.11. The van der Waals surface area contributed by atoms with Crippen LogP contribution in [0, 0.1) is 0 Å². The summed E-state index contributed by atoms with van der Waals surface area (Å²) in [7, 11) is -4.63. The van der Waals surface area contributed by atoms with Crippen LogP contribution in [0.15, 0.2) is 97.2 Å². The van der Waals surface area contributed by atoms with Crippen molar-refractivity contribution in [3.63, 3.8) is 0 Å². The molecule has 0 radical (unpaired) electrons. The summed E-state index contributed by atoms with van der Waals surface area (Å²) in [6.07, 6.45) is 61.7. The summed E-state index contributed by atoms with van der Waals surface area (Å²) in [5.41, 5.74) is 5.37. The molecule has 4 N–H and O–H groups in total. The molecule has 0 bridgehead atoms. The van der Waals surface area contributed by atoms with Gasteiger partial charge in [0.1, 0.15) is 12.1 Å². The van der Waals surface area contributed by atoms with Crippen molar-refractivity contribution in [1.82, 2.24) is 0 Å². The Labute approximate surface area is 383 Å². The first-order valence-corrected chi connectivity index (χ1v) is 25.8. The molecule has 11 heteroatoms. The maximum absolute atomic E-state index is 12.7. The van der Waals surface area contributed by atoms with Gasteiger partial charge in [0.25, 0.3) is 0 Å². The van der Waals surface area contributed by atoms with E-state index in [0.717, 1.165) is 103 Å². The summed E-state index contributed by atoms with van der Waals surface area (Å²) in [4.78, 5) is 33.7. The summed E-state index contributed by atoms with van der Waals surface area (Å²) in [6, 6.07) is -1.48. The lowest BCUT2D eigenvalue weighted by molar-refractivity contribution is -0.154. The van der Waals surface area contributed by atoms with Crippen LogP contribution in [0.4, 0.5) is 0 Å². The topological polar surface area (TPSA) is 155 Å². The summed E-state index contributed by atoms with van der Waals surface area (Å²) in [5.74, 6) is -1.80. The van der Waals surface area contributed by atoms with Gasteiger partial charge in [-0.2, -0.15) is 0 Å². The maximum atomic E-state index is 12.7. The molecule has 0 aromatic heterocycles. The van der Waals surface area contributed by atoms with Gasteiger partial charge in [-0.1, -0.05) is 182 Å². The lowest BCUT2D eigenvalue weighted by atomic mass is 10.1. The van der Waals surface area contributed by atoms with Crippen molar-refractivity contribution in [3.8, 4) is 0 Å². The van der Waals surface area contributed by atoms with Crippen LogP contribution >= 0.6 is 7.82 Å². The molecule has 0 amide bonds. The Kier molecular flexibility index (Phi) is 44.6. The van der Waals surface area contributed by atoms with Gasteiger partial charge in [0.2, 0.25) is 0 Å². The van der Waals surface area contributed by atoms with Crippen LogP contribution < -0.4 is 5.73 Å². The zero-order chi connectivity index (χ0) is 46.2. The van der Waals surface area contributed by atoms with E-state index in [9.17, 15) is 19.0 Å². The van der Waals surface area contributed by atoms with Gasteiger partial charge < -0.3 is 25.2 Å². The van der Waals surface area contributed by atoms with E-state index in [1.807, 2.05) is 0 Å². The molecule has 0 heterocycles. The number of carbonyl (C=O) groups excluding carboxylic acids is 1. The van der Waals surface area contributed by atoms with E-state index in [4.69, 9.17) is 29.4 Å². The third-order valence-corrected chi connectivity index (χ3v) is 10.8. The van der Waals surface area contributed by atoms with Crippen LogP contribution in [0.5, 0.6) is 0 Å². The van der Waals surface area contributed by atoms with E-state index >= 15 is 0 Å². The van der Waals surface area contributed by atoms with E-state index < -0.39 is 45.1 Å². The zero-order valence-electron chi connectivity index (χ0n) is 39.4. The minimum Gasteiger partial charge on any atom is -0.480 e. The van der Waals surface area contributed by atoms with Gasteiger partial charge in [-0.25, -0.2) is 4.57 Å². The molecule has 3 unspecified atom stereocenters. The molecule has 10 nitrogen and oxygen atoms in total. The molecular weight excluding hydrogens is 814 g/mol. The molecule has 360 valence electrons. The van der Waals surface area contributed by atoms with Crippen LogP contribution in [0.1, 0.15) is 181 Å². The quantitative estimate of drug-likeness (QED) is 0.0233. The number of esters is 1. The Bertz CT molecular complexity index is 1370. The predicted molar refractivity (Wildman–Crippen MR) is 263 cm³/mol. The normalized spacial score (nSPS) is 14.6. The van der Waals surface area contributed by atoms with Crippen LogP contribution in [0.25, 0.3) is 0 Å². The average molecular weight is 902 g/mol. The standard InChI is InChI=1S/C52H88NO9P/c1-3-5-7-9-11-13-15-17-19-21-23-24-25-26-27-28-30-32-34-36-38-40-42-44-51(54)62-49(47-60-63(57,58)61-48-50(53)52(55)56)46-59-45-43-41-39-37-35-33-31-29-22-20-18-16-14-12-10-8-6-4-2/h5-8,11-14,17-20,23-24,26-27,49-50H,3-4,9-10,15-16,21-22,25,28-48,53H2,1-2H3,(H,55,56)(H,57,58)/b7-5-,8-6-,13-11-,14-12-,19-17-,20-18-,24-23-,27-26-. The second-order valence-electron chi connectivity index (χ2n) is 15.8. The number of carboxylic acids is 1. The number of carbonyl (C=O) groups is 2. The van der Waals surface area contributed by atoms with Gasteiger partial charge in [0.15, 0.2) is 0 Å². The van der Waals surface area contributed by atoms with E-state index in [2.05, 4.69) is 111 Å². The minimum atomic E-state index is -4.63. The first-order valence-electron chi connectivity index (χ1n) is 24.3. The molecule has 0 rings (SSSR count). The Morgan fingerprint density at radius 2 is 0.873 bits per heavy atom. The van der Waals surface area contributed by atoms with E-state index in [0.29, 0.717) is 13.0 Å². The zero-order valence-corrected chi connectivity index (χ0v) is 40.3. The molecule has 0 aliphatic heterocycles. The Morgan fingerprint density at radius 1 is 0.508 bits per heavy atom. The van der Waals surface area contributed by atoms with Gasteiger partial charge in [-0.3, -0.25) is 18.6 Å². The number of hydrogen-bond donors (Lipinski definition) is 3. The third-order valence-electron chi connectivity index (χ3n) is 9.86. The highest BCUT2D eigenvalue weighted by atomic mass is 31.2. The number of allylic oxidation sites excluding steroid dienone is 16. The minimum absolute atomic E-state index is 0.00103. The Balaban J connectivity index is 4.23. The Morgan fingerprint density at radius 3 is 1.30 bits per heavy atom. The fourth-order valence-electron chi connectivity index (χ4n) is 6.17. The fraction of sp³-hybridized carbons (Fsp3) is 0.654. The molecule has 0 fully saturated rings. The van der Waals surface area contributed by atoms with Crippen molar-refractivity contribution in [3.05, 3.63) is 97.2 Å². The van der Waals surface area contributed by atoms with Gasteiger partial charge in [0, 0.05) is 13.0 Å². The molecule has 0 saturated heterocycles. The van der Waals surface area contributed by atoms with E-state index in [-0.39, 0.29) is 13.0 Å². The molecule has 0 aliphatic carbocycles. The number of aliphatic carboxylic acids is 1. The predicted octanol–water partition coefficient (Wildman–Crippen LogP) is 14.1. The number of nitrogens with two attached hydrogens (primary N) is 1. The molecule has 0 aromatic rings. The number of carboxylic acid groups (broad SMARTS) is 1. The molecule has 0 aromatic carbocycles. The third kappa shape index (κ3) is 46.7. The summed E-state index contributed by atoms with van der Waals surface area (Å²) in [6.45, 7) is 3.62. The SMILES string of the molecule is CC/C=C\C/C=C\C/C=C\C/C=C\C/C=C\CCCCCCCCCC(=O)OC(COCCCCCCCCCC/C=C\C/C=C\C/C=C\CC)COP(=O)(O)OCC(N)C(=O)O. The monoisotopic (exact) mass is 902 g/mol. The van der Waals surface area contributed by atoms with Gasteiger partial charge >= 0.3 is 19.8 Å². The van der Waals surface area contributed by atoms with Crippen LogP contribution in [0.3, 0.4) is 0 Å². The smallest absolute Gasteiger partial charge is 0.472 e. The number of phosphoric acid groups is 1. The van der Waals surface area contributed by atoms with Crippen LogP contribution in [-0.2, 0) is 32.7 Å². The van der Waals surface area contributed by atoms with Crippen LogP contribution in [0.2, 0.25) is 0 Å². The number of unbranched alkanes of at least 4 members (excludes halogenated alkanes) is 15. The summed E-state index contributed by atoms with van der Waals surface area (Å²) >= 11 is 0. The first-order chi connectivity index (χ1) is 30.7. The van der Waals surface area contributed by atoms with Crippen molar-refractivity contribution in [2.75, 3.05) is 26.4 Å². The first kappa shape index (κ1) is 59.9. The number of rotatable bonds is 45. The van der Waals surface area contributed by atoms with Crippen LogP contribution in [-0.4, -0.2) is 60.5 Å². The summed E-state index contributed by atoms with van der Waals surface area (Å²) in [5, 5.41) is 8.92. The average Bonchev–Trinajstić information content (AvgIpc) is 3.26. The van der Waals surface area contributed by atoms with Gasteiger partial charge in [-0.15, -0.1) is 0 Å². The second kappa shape index (κ2) is 46.9. The largest absolute Gasteiger partial charge is 0.480 e. The highest BCUT2D eigenvalue weighted by Crippen LogP contribution is 2.43. The molecule has 0 spiro atoms. The van der Waals surface area contributed by atoms with E-state index in [1.165, 1.54) is 51.4 Å². The fourth-order valence-corrected chi connectivity index (χ4v) is 6.95. The van der Waals surface area contributed by atoms with Gasteiger partial charge in [0.05, 0.1) is 19.8 Å². The molecule has 0 saturated carbocycles. The second-order valence-corrected chi connectivity index (χ2v) is 17.3. The van der Waals surface area contributed by atoms with E-state index in [1.54, 1.807) is 0 Å². The highest BCUT2D eigenvalue weighted by molar-refractivity contribution is 7.47. The molecule has 0 aliphatic rings. The number of hydrogen-bond acceptors (Lipinski definition) is 8. The lowest BCUT2D eigenvalue weighted by Crippen LogP contribution is -2.34. The number of phosphoric ester groups is 1. The van der Waals surface area contributed by atoms with Crippen molar-refractivity contribution >= 4 is 19.8 Å². The van der Waals surface area contributed by atoms with Crippen molar-refractivity contribution in [2.45, 2.75) is 193 Å². The van der Waals surface area contributed by atoms with Crippen molar-refractivity contribution in [2.24, 2.45) is 5.73 Å². The van der Waals surface area contributed by atoms with Crippen molar-refractivity contribution in [1.29, 1.82) is 0 Å². The molecule has 63 heavy (non-hydrogen) atoms. The maximum Gasteiger partial charge on any atom is 0.472 e. The lowest BCUT2D eigenvalue weighted by Gasteiger charge is -2.20. The highest BCUT2D eigenvalue weighted by Gasteiger charge is 2.27. The molecule has 3 atom stereocenters. The number of ether oxygens (including phenoxy) is 2. The van der Waals surface area contributed by atoms with Gasteiger partial charge in [-0.05, 0) is 89.9 Å². The summed E-state index contributed by atoms with van der Waals surface area (Å²) < 4.78 is 33.5. The van der Waals surface area contributed by atoms with Crippen molar-refractivity contribution < 1.29 is 42.7 Å². The molecular formula is C52H88NO9P.